The molecule has 0 spiro atoms. The van der Waals surface area contributed by atoms with Crippen LogP contribution in [-0.4, -0.2) is 10.1 Å². The third kappa shape index (κ3) is 2.82. The van der Waals surface area contributed by atoms with Crippen LogP contribution in [0.5, 0.6) is 5.75 Å². The maximum absolute atomic E-state index is 9.38. The molecule has 3 N–H and O–H groups in total. The predicted octanol–water partition coefficient (Wildman–Crippen LogP) is 3.95. The maximum atomic E-state index is 9.38. The van der Waals surface area contributed by atoms with Gasteiger partial charge in [0.2, 0.25) is 0 Å². The Morgan fingerprint density at radius 3 is 2.24 bits per heavy atom. The normalized spacial score (nSPS) is 10.8. The Bertz CT molecular complexity index is 745. The molecule has 0 saturated carbocycles. The zero-order valence-corrected chi connectivity index (χ0v) is 12.5. The molecule has 0 aliphatic heterocycles. The highest BCUT2D eigenvalue weighted by atomic mass is 32.1. The van der Waals surface area contributed by atoms with Gasteiger partial charge in [-0.1, -0.05) is 24.3 Å². The molecule has 0 unspecified atom stereocenters. The number of hydrogen-bond acceptors (Lipinski definition) is 4. The Hall–Kier alpha value is -2.17. The molecule has 1 heterocycles. The van der Waals surface area contributed by atoms with Crippen molar-refractivity contribution in [3.8, 4) is 27.6 Å². The Kier molecular flexibility index (Phi) is 3.73. The highest BCUT2D eigenvalue weighted by molar-refractivity contribution is 7.15. The number of hydrogen-bond donors (Lipinski definition) is 2. The molecule has 0 saturated heterocycles. The molecule has 0 aliphatic carbocycles. The second-order valence-corrected chi connectivity index (χ2v) is 6.07. The van der Waals surface area contributed by atoms with Crippen molar-refractivity contribution in [3.63, 3.8) is 0 Å². The van der Waals surface area contributed by atoms with E-state index in [1.807, 2.05) is 24.3 Å². The molecule has 106 valence electrons. The number of benzene rings is 2. The van der Waals surface area contributed by atoms with Crippen LogP contribution < -0.4 is 5.73 Å². The van der Waals surface area contributed by atoms with Gasteiger partial charge in [0.15, 0.2) is 0 Å². The highest BCUT2D eigenvalue weighted by Gasteiger charge is 2.11. The largest absolute Gasteiger partial charge is 0.508 e. The van der Waals surface area contributed by atoms with Crippen LogP contribution in [0.25, 0.3) is 21.8 Å². The van der Waals surface area contributed by atoms with E-state index in [2.05, 4.69) is 19.1 Å². The quantitative estimate of drug-likeness (QED) is 0.769. The van der Waals surface area contributed by atoms with Crippen LogP contribution in [-0.2, 0) is 6.54 Å². The molecule has 21 heavy (non-hydrogen) atoms. The van der Waals surface area contributed by atoms with Gasteiger partial charge in [-0.2, -0.15) is 0 Å². The summed E-state index contributed by atoms with van der Waals surface area (Å²) in [6.07, 6.45) is 0. The minimum atomic E-state index is 0.268. The number of aromatic hydroxyl groups is 1. The minimum Gasteiger partial charge on any atom is -0.508 e. The molecular weight excluding hydrogens is 280 g/mol. The summed E-state index contributed by atoms with van der Waals surface area (Å²) in [7, 11) is 0. The summed E-state index contributed by atoms with van der Waals surface area (Å²) in [6, 6.07) is 15.3. The van der Waals surface area contributed by atoms with Gasteiger partial charge in [-0.15, -0.1) is 11.3 Å². The van der Waals surface area contributed by atoms with Crippen LogP contribution >= 0.6 is 11.3 Å². The summed E-state index contributed by atoms with van der Waals surface area (Å²) in [5.41, 5.74) is 9.83. The van der Waals surface area contributed by atoms with E-state index in [-0.39, 0.29) is 5.75 Å². The van der Waals surface area contributed by atoms with Gasteiger partial charge >= 0.3 is 0 Å². The molecule has 4 heteroatoms. The summed E-state index contributed by atoms with van der Waals surface area (Å²) in [4.78, 5) is 5.91. The molecule has 3 aromatic rings. The van der Waals surface area contributed by atoms with Gasteiger partial charge in [-0.05, 0) is 36.8 Å². The Morgan fingerprint density at radius 1 is 1.00 bits per heavy atom. The van der Waals surface area contributed by atoms with E-state index in [1.165, 1.54) is 4.88 Å². The third-order valence-corrected chi connectivity index (χ3v) is 4.39. The number of thiazole rings is 1. The van der Waals surface area contributed by atoms with Crippen molar-refractivity contribution in [1.82, 2.24) is 4.98 Å². The molecule has 3 nitrogen and oxygen atoms in total. The lowest BCUT2D eigenvalue weighted by Crippen LogP contribution is -1.95. The summed E-state index contributed by atoms with van der Waals surface area (Å²) >= 11 is 1.68. The SMILES string of the molecule is Cc1sc(-c2ccc(CN)cc2)nc1-c1ccc(O)cc1. The fourth-order valence-electron chi connectivity index (χ4n) is 2.19. The van der Waals surface area contributed by atoms with Gasteiger partial charge in [0.05, 0.1) is 5.69 Å². The van der Waals surface area contributed by atoms with Gasteiger partial charge in [-0.25, -0.2) is 4.98 Å². The van der Waals surface area contributed by atoms with E-state index in [0.29, 0.717) is 6.54 Å². The van der Waals surface area contributed by atoms with Crippen LogP contribution in [0, 0.1) is 6.92 Å². The standard InChI is InChI=1S/C17H16N2OS/c1-11-16(13-6-8-15(20)9-7-13)19-17(21-11)14-4-2-12(10-18)3-5-14/h2-9,20H,10,18H2,1H3. The van der Waals surface area contributed by atoms with Crippen molar-refractivity contribution < 1.29 is 5.11 Å². The van der Waals surface area contributed by atoms with E-state index in [0.717, 1.165) is 27.4 Å². The summed E-state index contributed by atoms with van der Waals surface area (Å²) in [5, 5.41) is 10.4. The Morgan fingerprint density at radius 2 is 1.62 bits per heavy atom. The number of aromatic nitrogens is 1. The first kappa shape index (κ1) is 13.8. The van der Waals surface area contributed by atoms with Crippen LogP contribution in [0.4, 0.5) is 0 Å². The topological polar surface area (TPSA) is 59.1 Å². The number of rotatable bonds is 3. The predicted molar refractivity (Wildman–Crippen MR) is 87.3 cm³/mol. The number of phenols is 1. The average Bonchev–Trinajstić information content (AvgIpc) is 2.90. The summed E-state index contributed by atoms with van der Waals surface area (Å²) < 4.78 is 0. The molecule has 2 aromatic carbocycles. The summed E-state index contributed by atoms with van der Waals surface area (Å²) in [6.45, 7) is 2.62. The molecule has 0 aliphatic rings. The van der Waals surface area contributed by atoms with Crippen LogP contribution in [0.1, 0.15) is 10.4 Å². The molecule has 0 fully saturated rings. The van der Waals surface area contributed by atoms with Crippen molar-refractivity contribution in [3.05, 3.63) is 59.0 Å². The number of aryl methyl sites for hydroxylation is 1. The van der Waals surface area contributed by atoms with E-state index in [4.69, 9.17) is 10.7 Å². The zero-order chi connectivity index (χ0) is 14.8. The van der Waals surface area contributed by atoms with Crippen molar-refractivity contribution in [1.29, 1.82) is 0 Å². The molecule has 3 rings (SSSR count). The fourth-order valence-corrected chi connectivity index (χ4v) is 3.13. The van der Waals surface area contributed by atoms with E-state index >= 15 is 0 Å². The molecule has 0 amide bonds. The average molecular weight is 296 g/mol. The molecule has 0 bridgehead atoms. The molecule has 0 radical (unpaired) electrons. The Labute approximate surface area is 127 Å². The van der Waals surface area contributed by atoms with E-state index in [9.17, 15) is 5.11 Å². The van der Waals surface area contributed by atoms with Crippen molar-refractivity contribution in [2.75, 3.05) is 0 Å². The summed E-state index contributed by atoms with van der Waals surface area (Å²) in [5.74, 6) is 0.268. The first-order valence-electron chi connectivity index (χ1n) is 6.73. The number of nitrogens with zero attached hydrogens (tertiary/aromatic N) is 1. The Balaban J connectivity index is 1.98. The van der Waals surface area contributed by atoms with Gasteiger partial charge in [0, 0.05) is 22.5 Å². The monoisotopic (exact) mass is 296 g/mol. The molecule has 0 atom stereocenters. The lowest BCUT2D eigenvalue weighted by Gasteiger charge is -2.00. The smallest absolute Gasteiger partial charge is 0.124 e. The van der Waals surface area contributed by atoms with Crippen LogP contribution in [0.15, 0.2) is 48.5 Å². The van der Waals surface area contributed by atoms with Gasteiger partial charge < -0.3 is 10.8 Å². The van der Waals surface area contributed by atoms with Crippen LogP contribution in [0.2, 0.25) is 0 Å². The first-order chi connectivity index (χ1) is 10.2. The van der Waals surface area contributed by atoms with Gasteiger partial charge in [-0.3, -0.25) is 0 Å². The van der Waals surface area contributed by atoms with Crippen molar-refractivity contribution >= 4 is 11.3 Å². The number of nitrogens with two attached hydrogens (primary N) is 1. The fraction of sp³-hybridized carbons (Fsp3) is 0.118. The van der Waals surface area contributed by atoms with Crippen molar-refractivity contribution in [2.45, 2.75) is 13.5 Å². The van der Waals surface area contributed by atoms with E-state index < -0.39 is 0 Å². The maximum Gasteiger partial charge on any atom is 0.124 e. The molecular formula is C17H16N2OS. The minimum absolute atomic E-state index is 0.268. The second-order valence-electron chi connectivity index (χ2n) is 4.87. The first-order valence-corrected chi connectivity index (χ1v) is 7.55. The molecule has 1 aromatic heterocycles. The number of phenolic OH excluding ortho intramolecular Hbond substituents is 1. The lowest BCUT2D eigenvalue weighted by molar-refractivity contribution is 0.475. The second kappa shape index (κ2) is 5.68. The van der Waals surface area contributed by atoms with E-state index in [1.54, 1.807) is 23.5 Å². The van der Waals surface area contributed by atoms with Crippen LogP contribution in [0.3, 0.4) is 0 Å². The highest BCUT2D eigenvalue weighted by Crippen LogP contribution is 2.33. The van der Waals surface area contributed by atoms with Gasteiger partial charge in [0.25, 0.3) is 0 Å². The zero-order valence-electron chi connectivity index (χ0n) is 11.7. The lowest BCUT2D eigenvalue weighted by atomic mass is 10.1. The van der Waals surface area contributed by atoms with Crippen molar-refractivity contribution in [2.24, 2.45) is 5.73 Å². The third-order valence-electron chi connectivity index (χ3n) is 3.37. The van der Waals surface area contributed by atoms with Gasteiger partial charge in [0.1, 0.15) is 10.8 Å².